The first-order valence-corrected chi connectivity index (χ1v) is 6.06. The molecule has 0 aromatic heterocycles. The molecule has 0 aliphatic heterocycles. The van der Waals surface area contributed by atoms with E-state index in [-0.39, 0.29) is 24.0 Å². The molecule has 2 rings (SSSR count). The third-order valence-electron chi connectivity index (χ3n) is 2.90. The van der Waals surface area contributed by atoms with Crippen LogP contribution in [0.5, 0.6) is 0 Å². The second-order valence-corrected chi connectivity index (χ2v) is 4.32. The third kappa shape index (κ3) is 3.30. The van der Waals surface area contributed by atoms with Crippen LogP contribution in [-0.2, 0) is 0 Å². The number of nitrogens with one attached hydrogen (secondary N) is 1. The molecule has 2 aromatic carbocycles. The number of benzene rings is 2. The lowest BCUT2D eigenvalue weighted by Gasteiger charge is -2.14. The summed E-state index contributed by atoms with van der Waals surface area (Å²) in [4.78, 5) is 10.3. The highest BCUT2D eigenvalue weighted by molar-refractivity contribution is 5.61. The second-order valence-electron chi connectivity index (χ2n) is 4.32. The highest BCUT2D eigenvalue weighted by Gasteiger charge is 2.15. The van der Waals surface area contributed by atoms with Crippen molar-refractivity contribution in [3.8, 4) is 0 Å². The molecule has 0 radical (unpaired) electrons. The smallest absolute Gasteiger partial charge is 0.292 e. The quantitative estimate of drug-likeness (QED) is 0.649. The zero-order valence-corrected chi connectivity index (χ0v) is 10.6. The van der Waals surface area contributed by atoms with Gasteiger partial charge in [-0.2, -0.15) is 0 Å². The third-order valence-corrected chi connectivity index (χ3v) is 2.90. The average Bonchev–Trinajstić information content (AvgIpc) is 2.45. The minimum atomic E-state index is -0.560. The molecule has 1 unspecified atom stereocenters. The first kappa shape index (κ1) is 14.0. The van der Waals surface area contributed by atoms with E-state index in [1.165, 1.54) is 0 Å². The number of nitro benzene ring substituents is 1. The van der Waals surface area contributed by atoms with Gasteiger partial charge in [0.25, 0.3) is 5.69 Å². The van der Waals surface area contributed by atoms with E-state index in [0.29, 0.717) is 0 Å². The van der Waals surface area contributed by atoms with Gasteiger partial charge in [-0.15, -0.1) is 0 Å². The lowest BCUT2D eigenvalue weighted by Crippen LogP contribution is -2.20. The normalized spacial score (nSPS) is 11.9. The van der Waals surface area contributed by atoms with Gasteiger partial charge in [0.2, 0.25) is 0 Å². The Hall–Kier alpha value is -2.47. The molecule has 0 fully saturated rings. The molecule has 0 saturated carbocycles. The van der Waals surface area contributed by atoms with Crippen LogP contribution in [0.1, 0.15) is 11.6 Å². The van der Waals surface area contributed by atoms with Crippen molar-refractivity contribution in [2.75, 3.05) is 11.9 Å². The molecule has 0 aliphatic rings. The van der Waals surface area contributed by atoms with Crippen molar-refractivity contribution in [2.24, 2.45) is 5.73 Å². The number of nitrogens with zero attached hydrogens (tertiary/aromatic N) is 1. The largest absolute Gasteiger partial charge is 0.378 e. The summed E-state index contributed by atoms with van der Waals surface area (Å²) in [6.07, 6.45) is 0. The summed E-state index contributed by atoms with van der Waals surface area (Å²) in [6, 6.07) is 12.3. The Labute approximate surface area is 115 Å². The fraction of sp³-hybridized carbons (Fsp3) is 0.143. The maximum atomic E-state index is 13.2. The summed E-state index contributed by atoms with van der Waals surface area (Å²) in [5.74, 6) is -0.536. The lowest BCUT2D eigenvalue weighted by atomic mass is 10.1. The van der Waals surface area contributed by atoms with E-state index in [4.69, 9.17) is 5.73 Å². The van der Waals surface area contributed by atoms with E-state index in [1.807, 2.05) is 30.3 Å². The van der Waals surface area contributed by atoms with Gasteiger partial charge in [-0.1, -0.05) is 30.3 Å². The Kier molecular flexibility index (Phi) is 4.27. The minimum absolute atomic E-state index is 0.126. The van der Waals surface area contributed by atoms with Crippen LogP contribution in [-0.4, -0.2) is 11.5 Å². The summed E-state index contributed by atoms with van der Waals surface area (Å²) >= 11 is 0. The first-order chi connectivity index (χ1) is 9.58. The maximum absolute atomic E-state index is 13.2. The van der Waals surface area contributed by atoms with Gasteiger partial charge in [0.15, 0.2) is 0 Å². The molecular formula is C14H14FN3O2. The van der Waals surface area contributed by atoms with Gasteiger partial charge in [-0.25, -0.2) is 4.39 Å². The highest BCUT2D eigenvalue weighted by Crippen LogP contribution is 2.25. The van der Waals surface area contributed by atoms with Crippen LogP contribution in [0.4, 0.5) is 15.8 Å². The molecule has 0 amide bonds. The van der Waals surface area contributed by atoms with Crippen molar-refractivity contribution in [3.63, 3.8) is 0 Å². The number of nitrogens with two attached hydrogens (primary N) is 1. The van der Waals surface area contributed by atoms with Crippen molar-refractivity contribution in [3.05, 3.63) is 70.0 Å². The van der Waals surface area contributed by atoms with Gasteiger partial charge in [0.1, 0.15) is 11.5 Å². The summed E-state index contributed by atoms with van der Waals surface area (Å²) in [7, 11) is 0. The molecule has 0 spiro atoms. The molecule has 2 aromatic rings. The summed E-state index contributed by atoms with van der Waals surface area (Å²) in [5, 5.41) is 13.7. The fourth-order valence-corrected chi connectivity index (χ4v) is 1.85. The van der Waals surface area contributed by atoms with E-state index >= 15 is 0 Å². The molecule has 0 heterocycles. The maximum Gasteiger partial charge on any atom is 0.292 e. The van der Waals surface area contributed by atoms with Crippen molar-refractivity contribution < 1.29 is 9.31 Å². The Morgan fingerprint density at radius 3 is 2.60 bits per heavy atom. The molecule has 3 N–H and O–H groups in total. The zero-order chi connectivity index (χ0) is 14.5. The fourth-order valence-electron chi connectivity index (χ4n) is 1.85. The number of hydrogen-bond acceptors (Lipinski definition) is 4. The number of hydrogen-bond donors (Lipinski definition) is 2. The standard InChI is InChI=1S/C14H14FN3O2/c15-11-6-7-14(18(19)20)13(8-11)17-9-12(16)10-4-2-1-3-5-10/h1-8,12,17H,9,16H2. The van der Waals surface area contributed by atoms with Gasteiger partial charge in [-0.3, -0.25) is 10.1 Å². The number of halogens is 1. The van der Waals surface area contributed by atoms with Crippen LogP contribution in [0.2, 0.25) is 0 Å². The predicted octanol–water partition coefficient (Wildman–Crippen LogP) is 2.85. The molecule has 1 atom stereocenters. The van der Waals surface area contributed by atoms with Crippen LogP contribution >= 0.6 is 0 Å². The molecule has 104 valence electrons. The zero-order valence-electron chi connectivity index (χ0n) is 10.6. The Morgan fingerprint density at radius 2 is 1.95 bits per heavy atom. The molecule has 20 heavy (non-hydrogen) atoms. The van der Waals surface area contributed by atoms with E-state index in [2.05, 4.69) is 5.32 Å². The van der Waals surface area contributed by atoms with Crippen LogP contribution in [0, 0.1) is 15.9 Å². The summed E-state index contributed by atoms with van der Waals surface area (Å²) < 4.78 is 13.2. The predicted molar refractivity (Wildman–Crippen MR) is 74.9 cm³/mol. The number of nitro groups is 1. The van der Waals surface area contributed by atoms with E-state index in [9.17, 15) is 14.5 Å². The van der Waals surface area contributed by atoms with E-state index in [1.54, 1.807) is 0 Å². The second kappa shape index (κ2) is 6.12. The average molecular weight is 275 g/mol. The van der Waals surface area contributed by atoms with Gasteiger partial charge in [-0.05, 0) is 11.6 Å². The van der Waals surface area contributed by atoms with Crippen LogP contribution in [0.25, 0.3) is 0 Å². The topological polar surface area (TPSA) is 81.2 Å². The minimum Gasteiger partial charge on any atom is -0.378 e. The van der Waals surface area contributed by atoms with Gasteiger partial charge in [0, 0.05) is 24.7 Å². The molecule has 0 bridgehead atoms. The van der Waals surface area contributed by atoms with Gasteiger partial charge < -0.3 is 11.1 Å². The number of rotatable bonds is 5. The van der Waals surface area contributed by atoms with Crippen molar-refractivity contribution in [1.29, 1.82) is 0 Å². The van der Waals surface area contributed by atoms with Crippen LogP contribution in [0.3, 0.4) is 0 Å². The SMILES string of the molecule is NC(CNc1cc(F)ccc1[N+](=O)[O-])c1ccccc1. The van der Waals surface area contributed by atoms with Crippen molar-refractivity contribution >= 4 is 11.4 Å². The molecular weight excluding hydrogens is 261 g/mol. The highest BCUT2D eigenvalue weighted by atomic mass is 19.1. The van der Waals surface area contributed by atoms with Crippen molar-refractivity contribution in [1.82, 2.24) is 0 Å². The monoisotopic (exact) mass is 275 g/mol. The van der Waals surface area contributed by atoms with Crippen LogP contribution in [0.15, 0.2) is 48.5 Å². The Morgan fingerprint density at radius 1 is 1.25 bits per heavy atom. The van der Waals surface area contributed by atoms with Crippen molar-refractivity contribution in [2.45, 2.75) is 6.04 Å². The Balaban J connectivity index is 2.11. The molecule has 5 nitrogen and oxygen atoms in total. The summed E-state index contributed by atoms with van der Waals surface area (Å²) in [6.45, 7) is 0.272. The van der Waals surface area contributed by atoms with E-state index < -0.39 is 10.7 Å². The molecule has 0 saturated heterocycles. The summed E-state index contributed by atoms with van der Waals surface area (Å²) in [5.41, 5.74) is 6.83. The molecule has 0 aliphatic carbocycles. The van der Waals surface area contributed by atoms with Gasteiger partial charge in [0.05, 0.1) is 4.92 Å². The first-order valence-electron chi connectivity index (χ1n) is 6.06. The lowest BCUT2D eigenvalue weighted by molar-refractivity contribution is -0.384. The van der Waals surface area contributed by atoms with Crippen LogP contribution < -0.4 is 11.1 Å². The molecule has 6 heteroatoms. The number of anilines is 1. The Bertz CT molecular complexity index is 605. The van der Waals surface area contributed by atoms with Gasteiger partial charge >= 0.3 is 0 Å². The van der Waals surface area contributed by atoms with E-state index in [0.717, 1.165) is 23.8 Å².